The van der Waals surface area contributed by atoms with E-state index in [2.05, 4.69) is 11.9 Å². The minimum atomic E-state index is -1.48. The average Bonchev–Trinajstić information content (AvgIpc) is 3.25. The molecule has 0 aliphatic rings. The number of rotatable bonds is 16. The molecule has 3 rings (SSSR count). The van der Waals surface area contributed by atoms with Gasteiger partial charge in [-0.3, -0.25) is 4.79 Å². The first-order chi connectivity index (χ1) is 18.4. The highest BCUT2D eigenvalue weighted by molar-refractivity contribution is 6.11. The Labute approximate surface area is 223 Å². The molecule has 38 heavy (non-hydrogen) atoms. The summed E-state index contributed by atoms with van der Waals surface area (Å²) < 4.78 is 5.00. The van der Waals surface area contributed by atoms with Crippen LogP contribution < -0.4 is 4.74 Å². The second-order valence-electron chi connectivity index (χ2n) is 9.63. The molecule has 2 aromatic carbocycles. The zero-order chi connectivity index (χ0) is 27.3. The molecule has 0 radical (unpaired) electrons. The molecule has 0 saturated carbocycles. The molecule has 0 saturated heterocycles. The predicted octanol–water partition coefficient (Wildman–Crippen LogP) is 8.02. The van der Waals surface area contributed by atoms with Crippen LogP contribution in [-0.2, 0) is 11.2 Å². The molecule has 0 aliphatic carbocycles. The number of aromatic nitrogens is 1. The largest absolute Gasteiger partial charge is 0.512 e. The molecule has 3 aromatic rings. The summed E-state index contributed by atoms with van der Waals surface area (Å²) >= 11 is 0. The van der Waals surface area contributed by atoms with Crippen LogP contribution in [-0.4, -0.2) is 33.1 Å². The summed E-state index contributed by atoms with van der Waals surface area (Å²) in [4.78, 5) is 38.6. The number of ether oxygens (including phenoxy) is 1. The van der Waals surface area contributed by atoms with E-state index in [1.54, 1.807) is 6.07 Å². The first kappa shape index (κ1) is 28.7. The number of H-pyrrole nitrogens is 1. The average molecular weight is 520 g/mol. The molecule has 0 aliphatic heterocycles. The molecule has 0 atom stereocenters. The molecule has 0 bridgehead atoms. The molecule has 202 valence electrons. The first-order valence-electron chi connectivity index (χ1n) is 13.5. The Bertz CT molecular complexity index is 1270. The number of carbonyl (C=O) groups is 3. The van der Waals surface area contributed by atoms with E-state index in [4.69, 9.17) is 9.84 Å². The number of aliphatic carboxylic acids is 1. The fourth-order valence-electron chi connectivity index (χ4n) is 4.79. The Morgan fingerprint density at radius 1 is 0.895 bits per heavy atom. The van der Waals surface area contributed by atoms with Crippen LogP contribution in [0.1, 0.15) is 98.2 Å². The van der Waals surface area contributed by atoms with Gasteiger partial charge in [-0.2, -0.15) is 0 Å². The molecule has 7 nitrogen and oxygen atoms in total. The molecular formula is C31H37NO6. The van der Waals surface area contributed by atoms with Crippen LogP contribution in [0.4, 0.5) is 4.79 Å². The van der Waals surface area contributed by atoms with Crippen molar-refractivity contribution in [2.45, 2.75) is 77.6 Å². The molecule has 1 heterocycles. The van der Waals surface area contributed by atoms with Gasteiger partial charge in [0.2, 0.25) is 5.88 Å². The molecule has 0 unspecified atom stereocenters. The minimum Gasteiger partial charge on any atom is -0.478 e. The van der Waals surface area contributed by atoms with Crippen LogP contribution in [0.2, 0.25) is 0 Å². The van der Waals surface area contributed by atoms with Crippen molar-refractivity contribution in [1.82, 2.24) is 4.98 Å². The van der Waals surface area contributed by atoms with Gasteiger partial charge in [0.1, 0.15) is 0 Å². The van der Waals surface area contributed by atoms with Gasteiger partial charge in [0.15, 0.2) is 5.78 Å². The van der Waals surface area contributed by atoms with Gasteiger partial charge >= 0.3 is 12.1 Å². The van der Waals surface area contributed by atoms with Gasteiger partial charge < -0.3 is 19.9 Å². The summed E-state index contributed by atoms with van der Waals surface area (Å²) in [5.74, 6) is -1.20. The molecule has 7 heteroatoms. The van der Waals surface area contributed by atoms with Crippen LogP contribution in [0.25, 0.3) is 17.0 Å². The van der Waals surface area contributed by atoms with Crippen molar-refractivity contribution in [2.75, 3.05) is 0 Å². The number of fused-ring (bicyclic) bond motifs is 1. The van der Waals surface area contributed by atoms with Crippen molar-refractivity contribution in [3.8, 4) is 5.88 Å². The molecule has 0 fully saturated rings. The van der Waals surface area contributed by atoms with Gasteiger partial charge in [-0.05, 0) is 41.7 Å². The van der Waals surface area contributed by atoms with E-state index in [1.165, 1.54) is 44.6 Å². The summed E-state index contributed by atoms with van der Waals surface area (Å²) in [7, 11) is 0. The predicted molar refractivity (Wildman–Crippen MR) is 149 cm³/mol. The number of carboxylic acid groups (broad SMARTS) is 2. The SMILES string of the molecule is CCCCCCCCCCCC(=O)c1c(OC(=O)O)[nH]c2cccc(Cc3cccc(/C=C/C(=O)O)c3)c12. The quantitative estimate of drug-likeness (QED) is 0.0763. The van der Waals surface area contributed by atoms with Gasteiger partial charge in [0.05, 0.1) is 5.56 Å². The molecular weight excluding hydrogens is 482 g/mol. The van der Waals surface area contributed by atoms with E-state index in [9.17, 15) is 19.5 Å². The second-order valence-corrected chi connectivity index (χ2v) is 9.63. The number of Topliss-reactive ketones (excluding diaryl/α,β-unsaturated/α-hetero) is 1. The number of aromatic amines is 1. The Morgan fingerprint density at radius 2 is 1.58 bits per heavy atom. The molecule has 1 aromatic heterocycles. The highest BCUT2D eigenvalue weighted by Crippen LogP contribution is 2.34. The standard InChI is InChI=1S/C31H37NO6/c1-2-3-4-5-6-7-8-9-10-17-26(33)29-28-24(15-12-16-25(28)32-30(29)38-31(36)37)21-23-14-11-13-22(20-23)18-19-27(34)35/h11-16,18-20,32H,2-10,17,21H2,1H3,(H,34,35)(H,36,37)/b19-18+. The van der Waals surface area contributed by atoms with Crippen LogP contribution in [0.15, 0.2) is 48.5 Å². The third-order valence-electron chi connectivity index (χ3n) is 6.62. The van der Waals surface area contributed by atoms with E-state index in [0.717, 1.165) is 42.0 Å². The Morgan fingerprint density at radius 3 is 2.26 bits per heavy atom. The molecule has 0 amide bonds. The van der Waals surface area contributed by atoms with Crippen molar-refractivity contribution in [1.29, 1.82) is 0 Å². The number of carbonyl (C=O) groups excluding carboxylic acids is 1. The minimum absolute atomic E-state index is 0.0426. The normalized spacial score (nSPS) is 11.3. The van der Waals surface area contributed by atoms with E-state index in [1.807, 2.05) is 36.4 Å². The summed E-state index contributed by atoms with van der Waals surface area (Å²) in [6.07, 6.45) is 12.2. The van der Waals surface area contributed by atoms with Crippen molar-refractivity contribution in [3.05, 3.63) is 70.8 Å². The van der Waals surface area contributed by atoms with Gasteiger partial charge in [-0.1, -0.05) is 94.7 Å². The van der Waals surface area contributed by atoms with Gasteiger partial charge in [-0.15, -0.1) is 0 Å². The molecule has 0 spiro atoms. The summed E-state index contributed by atoms with van der Waals surface area (Å²) in [5, 5.41) is 18.8. The maximum absolute atomic E-state index is 13.4. The fourth-order valence-corrected chi connectivity index (χ4v) is 4.79. The van der Waals surface area contributed by atoms with E-state index in [0.29, 0.717) is 23.7 Å². The Balaban J connectivity index is 1.77. The first-order valence-corrected chi connectivity index (χ1v) is 13.5. The molecule has 3 N–H and O–H groups in total. The number of carboxylic acids is 1. The van der Waals surface area contributed by atoms with Crippen molar-refractivity contribution in [3.63, 3.8) is 0 Å². The number of hydrogen-bond donors (Lipinski definition) is 3. The van der Waals surface area contributed by atoms with Crippen LogP contribution in [0.5, 0.6) is 5.88 Å². The summed E-state index contributed by atoms with van der Waals surface area (Å²) in [5.41, 5.74) is 3.45. The fraction of sp³-hybridized carbons (Fsp3) is 0.387. The summed E-state index contributed by atoms with van der Waals surface area (Å²) in [6, 6.07) is 13.1. The van der Waals surface area contributed by atoms with Crippen molar-refractivity contribution < 1.29 is 29.3 Å². The van der Waals surface area contributed by atoms with E-state index >= 15 is 0 Å². The topological polar surface area (TPSA) is 117 Å². The lowest BCUT2D eigenvalue weighted by Crippen LogP contribution is -2.08. The smallest absolute Gasteiger partial charge is 0.478 e. The highest BCUT2D eigenvalue weighted by Gasteiger charge is 2.23. The monoisotopic (exact) mass is 519 g/mol. The van der Waals surface area contributed by atoms with Crippen LogP contribution >= 0.6 is 0 Å². The Hall–Kier alpha value is -3.87. The van der Waals surface area contributed by atoms with E-state index in [-0.39, 0.29) is 17.2 Å². The lowest BCUT2D eigenvalue weighted by Gasteiger charge is -2.08. The maximum Gasteiger partial charge on any atom is 0.512 e. The highest BCUT2D eigenvalue weighted by atomic mass is 16.7. The number of hydrogen-bond acceptors (Lipinski definition) is 4. The van der Waals surface area contributed by atoms with Crippen LogP contribution in [0.3, 0.4) is 0 Å². The van der Waals surface area contributed by atoms with Gasteiger partial charge in [0.25, 0.3) is 0 Å². The zero-order valence-corrected chi connectivity index (χ0v) is 22.0. The zero-order valence-electron chi connectivity index (χ0n) is 22.0. The lowest BCUT2D eigenvalue weighted by atomic mass is 9.95. The van der Waals surface area contributed by atoms with Crippen LogP contribution in [0, 0.1) is 0 Å². The number of benzene rings is 2. The number of unbranched alkanes of at least 4 members (excludes halogenated alkanes) is 8. The number of nitrogens with one attached hydrogen (secondary N) is 1. The van der Waals surface area contributed by atoms with E-state index < -0.39 is 12.1 Å². The van der Waals surface area contributed by atoms with Crippen molar-refractivity contribution >= 4 is 34.9 Å². The van der Waals surface area contributed by atoms with Gasteiger partial charge in [0, 0.05) is 23.4 Å². The Kier molecular flexibility index (Phi) is 11.1. The summed E-state index contributed by atoms with van der Waals surface area (Å²) in [6.45, 7) is 2.21. The van der Waals surface area contributed by atoms with Crippen molar-refractivity contribution in [2.24, 2.45) is 0 Å². The lowest BCUT2D eigenvalue weighted by molar-refractivity contribution is -0.131. The third-order valence-corrected chi connectivity index (χ3v) is 6.62. The third kappa shape index (κ3) is 8.61. The van der Waals surface area contributed by atoms with Gasteiger partial charge in [-0.25, -0.2) is 9.59 Å². The maximum atomic E-state index is 13.4. The number of ketones is 1. The second kappa shape index (κ2) is 14.8.